The topological polar surface area (TPSA) is 188 Å². The number of hydrogen-bond donors (Lipinski definition) is 6. The summed E-state index contributed by atoms with van der Waals surface area (Å²) in [5, 5.41) is 35.2. The van der Waals surface area contributed by atoms with E-state index in [1.807, 2.05) is 125 Å². The molecule has 476 valence electrons. The third kappa shape index (κ3) is 18.2. The summed E-state index contributed by atoms with van der Waals surface area (Å²) in [6.07, 6.45) is 4.61. The van der Waals surface area contributed by atoms with Gasteiger partial charge in [0.2, 0.25) is 0 Å². The first-order valence-corrected chi connectivity index (χ1v) is 31.9. The highest BCUT2D eigenvalue weighted by molar-refractivity contribution is 6.34. The van der Waals surface area contributed by atoms with E-state index >= 15 is 0 Å². The maximum absolute atomic E-state index is 13.8. The van der Waals surface area contributed by atoms with Gasteiger partial charge in [0.1, 0.15) is 17.2 Å². The highest BCUT2D eigenvalue weighted by Gasteiger charge is 2.29. The van der Waals surface area contributed by atoms with E-state index in [0.29, 0.717) is 83.9 Å². The van der Waals surface area contributed by atoms with E-state index < -0.39 is 17.9 Å². The molecular formula is C72H93ClN8O8. The number of rotatable bonds is 28. The number of ether oxygens (including phenoxy) is 2. The van der Waals surface area contributed by atoms with E-state index in [-0.39, 0.29) is 39.8 Å². The van der Waals surface area contributed by atoms with Crippen molar-refractivity contribution < 1.29 is 38.9 Å². The normalized spacial score (nSPS) is 11.2. The standard InChI is InChI=1S/C38H48N4O4.C34H45ClN4O4/c1-6-9-22-40-38(45)42(30-19-17-29(18-20-30)41(7-2)8-3)34-26-33(36(43)32-15-11-10-14-31(32)34)37(44)39-23-12-13-24-46-35-21-16-27(4)25-28(35)5;1-8-12-19-36-34(42)39(26-16-14-25(15-17-26)38(10-3)11-4)28-21-27(32(40)31(35)24(28)7)37-33(41)29(9-2)43-30-18-13-22(5)20-23(30)6/h10-11,14-21,25-26,43H,6-9,12-13,22-24H2,1-5H3,(H,39,44)(H,40,45);13-18,20-21,29,40H,8-12,19H2,1-7H3,(H,36,42)(H,37,41). The number of hydrogen-bond acceptors (Lipinski definition) is 10. The first kappa shape index (κ1) is 69.5. The van der Waals surface area contributed by atoms with Gasteiger partial charge in [-0.05, 0) is 184 Å². The zero-order valence-corrected chi connectivity index (χ0v) is 55.0. The van der Waals surface area contributed by atoms with Crippen molar-refractivity contribution in [2.45, 2.75) is 134 Å². The molecule has 6 amide bonds. The molecule has 6 N–H and O–H groups in total. The number of nitrogens with zero attached hydrogens (tertiary/aromatic N) is 4. The van der Waals surface area contributed by atoms with Gasteiger partial charge >= 0.3 is 12.1 Å². The molecule has 0 saturated heterocycles. The maximum Gasteiger partial charge on any atom is 0.326 e. The second-order valence-corrected chi connectivity index (χ2v) is 22.5. The Bertz CT molecular complexity index is 3480. The van der Waals surface area contributed by atoms with Crippen molar-refractivity contribution >= 4 is 86.1 Å². The lowest BCUT2D eigenvalue weighted by atomic mass is 10.0. The van der Waals surface area contributed by atoms with Crippen LogP contribution in [0.4, 0.5) is 49.4 Å². The highest BCUT2D eigenvalue weighted by atomic mass is 35.5. The number of urea groups is 2. The molecule has 0 aliphatic carbocycles. The van der Waals surface area contributed by atoms with Crippen LogP contribution in [0.25, 0.3) is 10.8 Å². The third-order valence-corrected chi connectivity index (χ3v) is 16.1. The molecule has 89 heavy (non-hydrogen) atoms. The van der Waals surface area contributed by atoms with Crippen molar-refractivity contribution in [1.29, 1.82) is 0 Å². The number of anilines is 7. The third-order valence-electron chi connectivity index (χ3n) is 15.6. The van der Waals surface area contributed by atoms with Crippen LogP contribution < -0.4 is 50.3 Å². The molecule has 7 rings (SSSR count). The smallest absolute Gasteiger partial charge is 0.326 e. The lowest BCUT2D eigenvalue weighted by Gasteiger charge is -2.28. The van der Waals surface area contributed by atoms with Crippen LogP contribution in [-0.4, -0.2) is 92.6 Å². The predicted octanol–water partition coefficient (Wildman–Crippen LogP) is 16.5. The second-order valence-electron chi connectivity index (χ2n) is 22.1. The van der Waals surface area contributed by atoms with Crippen molar-refractivity contribution in [3.05, 3.63) is 160 Å². The summed E-state index contributed by atoms with van der Waals surface area (Å²) in [4.78, 5) is 61.9. The molecule has 0 aromatic heterocycles. The molecule has 1 unspecified atom stereocenters. The average molecular weight is 1230 g/mol. The van der Waals surface area contributed by atoms with Crippen molar-refractivity contribution in [1.82, 2.24) is 16.0 Å². The summed E-state index contributed by atoms with van der Waals surface area (Å²) in [6.45, 7) is 29.6. The fourth-order valence-electron chi connectivity index (χ4n) is 10.5. The molecule has 1 atom stereocenters. The van der Waals surface area contributed by atoms with Crippen molar-refractivity contribution in [2.24, 2.45) is 0 Å². The molecule has 7 aromatic carbocycles. The summed E-state index contributed by atoms with van der Waals surface area (Å²) >= 11 is 6.62. The second kappa shape index (κ2) is 34.2. The van der Waals surface area contributed by atoms with Crippen LogP contribution in [-0.2, 0) is 4.79 Å². The number of nitrogens with one attached hydrogen (secondary N) is 4. The van der Waals surface area contributed by atoms with Gasteiger partial charge in [-0.1, -0.05) is 105 Å². The Labute approximate surface area is 532 Å². The first-order chi connectivity index (χ1) is 42.8. The van der Waals surface area contributed by atoms with Crippen LogP contribution in [0.15, 0.2) is 121 Å². The van der Waals surface area contributed by atoms with Gasteiger partial charge in [0, 0.05) is 68.0 Å². The Kier molecular flexibility index (Phi) is 26.7. The summed E-state index contributed by atoms with van der Waals surface area (Å²) in [5.74, 6) is 0.255. The van der Waals surface area contributed by atoms with Crippen LogP contribution in [0.2, 0.25) is 5.02 Å². The molecular weight excluding hydrogens is 1140 g/mol. The van der Waals surface area contributed by atoms with Crippen molar-refractivity contribution in [3.63, 3.8) is 0 Å². The van der Waals surface area contributed by atoms with Crippen LogP contribution in [0.1, 0.15) is 132 Å². The molecule has 0 fully saturated rings. The predicted molar refractivity (Wildman–Crippen MR) is 367 cm³/mol. The molecule has 0 saturated carbocycles. The van der Waals surface area contributed by atoms with Gasteiger partial charge in [0.25, 0.3) is 11.8 Å². The Morgan fingerprint density at radius 3 is 1.51 bits per heavy atom. The van der Waals surface area contributed by atoms with Gasteiger partial charge in [-0.15, -0.1) is 0 Å². The van der Waals surface area contributed by atoms with E-state index in [2.05, 4.69) is 85.6 Å². The average Bonchev–Trinajstić information content (AvgIpc) is 1.02. The van der Waals surface area contributed by atoms with Crippen LogP contribution >= 0.6 is 11.6 Å². The largest absolute Gasteiger partial charge is 0.506 e. The van der Waals surface area contributed by atoms with E-state index in [4.69, 9.17) is 21.1 Å². The number of halogens is 1. The molecule has 7 aromatic rings. The van der Waals surface area contributed by atoms with Gasteiger partial charge < -0.3 is 50.8 Å². The number of unbranched alkanes of at least 4 members (excludes halogenated alkanes) is 3. The molecule has 0 aliphatic rings. The number of fused-ring (bicyclic) bond motifs is 1. The number of phenols is 2. The van der Waals surface area contributed by atoms with Gasteiger partial charge in [-0.3, -0.25) is 19.4 Å². The van der Waals surface area contributed by atoms with Gasteiger partial charge in [0.15, 0.2) is 11.9 Å². The van der Waals surface area contributed by atoms with Gasteiger partial charge in [0.05, 0.1) is 45.6 Å². The van der Waals surface area contributed by atoms with Crippen molar-refractivity contribution in [3.8, 4) is 23.0 Å². The molecule has 17 heteroatoms. The molecule has 0 radical (unpaired) electrons. The number of amides is 6. The minimum absolute atomic E-state index is 0.0438. The van der Waals surface area contributed by atoms with Crippen LogP contribution in [0.5, 0.6) is 23.0 Å². The monoisotopic (exact) mass is 1230 g/mol. The first-order valence-electron chi connectivity index (χ1n) is 31.5. The van der Waals surface area contributed by atoms with E-state index in [9.17, 15) is 29.4 Å². The van der Waals surface area contributed by atoms with E-state index in [0.717, 1.165) is 92.1 Å². The van der Waals surface area contributed by atoms with E-state index in [1.54, 1.807) is 30.0 Å². The lowest BCUT2D eigenvalue weighted by Crippen LogP contribution is -2.38. The number of aromatic hydroxyl groups is 2. The fourth-order valence-corrected chi connectivity index (χ4v) is 10.7. The Morgan fingerprint density at radius 2 is 1.01 bits per heavy atom. The molecule has 0 bridgehead atoms. The molecule has 0 heterocycles. The number of aryl methyl sites for hydroxylation is 4. The zero-order chi connectivity index (χ0) is 64.7. The summed E-state index contributed by atoms with van der Waals surface area (Å²) < 4.78 is 12.0. The Hall–Kier alpha value is -8.63. The molecule has 0 spiro atoms. The van der Waals surface area contributed by atoms with Crippen LogP contribution in [0, 0.1) is 34.6 Å². The summed E-state index contributed by atoms with van der Waals surface area (Å²) in [7, 11) is 0. The lowest BCUT2D eigenvalue weighted by molar-refractivity contribution is -0.122. The molecule has 16 nitrogen and oxygen atoms in total. The van der Waals surface area contributed by atoms with Crippen molar-refractivity contribution in [2.75, 3.05) is 77.3 Å². The van der Waals surface area contributed by atoms with E-state index in [1.165, 1.54) is 10.5 Å². The van der Waals surface area contributed by atoms with Gasteiger partial charge in [-0.25, -0.2) is 9.59 Å². The molecule has 0 aliphatic heterocycles. The van der Waals surface area contributed by atoms with Gasteiger partial charge in [-0.2, -0.15) is 0 Å². The number of benzene rings is 7. The number of carbonyl (C=O) groups is 4. The minimum Gasteiger partial charge on any atom is -0.506 e. The Morgan fingerprint density at radius 1 is 0.528 bits per heavy atom. The van der Waals surface area contributed by atoms with Crippen LogP contribution in [0.3, 0.4) is 0 Å². The number of carbonyl (C=O) groups excluding carboxylic acids is 4. The SMILES string of the molecule is CCCCNC(=O)N(c1ccc(N(CC)CC)cc1)c1cc(C(=O)NCCCCOc2ccc(C)cc2C)c(O)c2ccccc12.CCCCNC(=O)N(c1ccc(N(CC)CC)cc1)c1cc(NC(=O)C(CC)Oc2ccc(C)cc2C)c(O)c(Cl)c1C. The number of phenolic OH excluding ortho intramolecular Hbond substituents is 2. The maximum atomic E-state index is 13.8. The summed E-state index contributed by atoms with van der Waals surface area (Å²) in [5.41, 5.74) is 9.36. The highest BCUT2D eigenvalue weighted by Crippen LogP contribution is 2.44. The quantitative estimate of drug-likeness (QED) is 0.0203. The zero-order valence-electron chi connectivity index (χ0n) is 54.2. The minimum atomic E-state index is -0.814. The summed E-state index contributed by atoms with van der Waals surface area (Å²) in [6, 6.07) is 37.3. The Balaban J connectivity index is 0.000000284. The fraction of sp³-hybridized carbons (Fsp3) is 0.389.